The number of carbonyl (C=O) groups is 1. The Hall–Kier alpha value is -1.30. The van der Waals surface area contributed by atoms with Crippen molar-refractivity contribution in [3.05, 3.63) is 0 Å². The van der Waals surface area contributed by atoms with Crippen LogP contribution in [-0.4, -0.2) is 34.7 Å². The lowest BCUT2D eigenvalue weighted by Gasteiger charge is -2.23. The van der Waals surface area contributed by atoms with Crippen molar-refractivity contribution in [1.29, 1.82) is 0 Å². The van der Waals surface area contributed by atoms with Crippen LogP contribution in [0, 0.1) is 0 Å². The number of hydrazine groups is 1. The van der Waals surface area contributed by atoms with Crippen LogP contribution in [0.15, 0.2) is 5.16 Å². The molecule has 0 atom stereocenters. The summed E-state index contributed by atoms with van der Waals surface area (Å²) in [6, 6.07) is 0. The van der Waals surface area contributed by atoms with Crippen LogP contribution in [0.1, 0.15) is 20.8 Å². The number of ether oxygens (including phenoxy) is 1. The highest BCUT2D eigenvalue weighted by Gasteiger charge is 2.19. The molecule has 0 unspecified atom stereocenters. The van der Waals surface area contributed by atoms with E-state index in [-0.39, 0.29) is 6.54 Å². The van der Waals surface area contributed by atoms with Gasteiger partial charge in [0.2, 0.25) is 0 Å². The fraction of sp³-hybridized carbons (Fsp3) is 0.714. The maximum atomic E-state index is 11.1. The molecule has 0 saturated heterocycles. The van der Waals surface area contributed by atoms with Crippen LogP contribution in [0.25, 0.3) is 0 Å². The lowest BCUT2D eigenvalue weighted by atomic mass is 10.2. The molecule has 0 aliphatic rings. The summed E-state index contributed by atoms with van der Waals surface area (Å²) in [4.78, 5) is 11.1. The maximum absolute atomic E-state index is 11.1. The normalized spacial score (nSPS) is 11.7. The molecule has 3 N–H and O–H groups in total. The van der Waals surface area contributed by atoms with Gasteiger partial charge in [0.15, 0.2) is 0 Å². The van der Waals surface area contributed by atoms with E-state index in [9.17, 15) is 4.79 Å². The number of nitrogens with zero attached hydrogens (tertiary/aromatic N) is 2. The molecule has 0 bridgehead atoms. The molecule has 0 spiro atoms. The van der Waals surface area contributed by atoms with Gasteiger partial charge in [-0.3, -0.25) is 0 Å². The van der Waals surface area contributed by atoms with Crippen molar-refractivity contribution in [3.63, 3.8) is 0 Å². The van der Waals surface area contributed by atoms with Gasteiger partial charge in [0.25, 0.3) is 0 Å². The SMILES string of the molecule is CC(C)(C)OC(=O)N(N)CC=NO. The van der Waals surface area contributed by atoms with Crippen LogP contribution in [0.3, 0.4) is 0 Å². The quantitative estimate of drug-likeness (QED) is 0.218. The van der Waals surface area contributed by atoms with E-state index in [0.29, 0.717) is 0 Å². The van der Waals surface area contributed by atoms with E-state index >= 15 is 0 Å². The lowest BCUT2D eigenvalue weighted by Crippen LogP contribution is -2.42. The first-order chi connectivity index (χ1) is 5.87. The van der Waals surface area contributed by atoms with Crippen molar-refractivity contribution in [3.8, 4) is 0 Å². The van der Waals surface area contributed by atoms with E-state index in [1.54, 1.807) is 20.8 Å². The van der Waals surface area contributed by atoms with E-state index in [1.807, 2.05) is 0 Å². The van der Waals surface area contributed by atoms with Gasteiger partial charge in [-0.25, -0.2) is 15.6 Å². The Morgan fingerprint density at radius 1 is 1.69 bits per heavy atom. The zero-order valence-corrected chi connectivity index (χ0v) is 8.02. The maximum Gasteiger partial charge on any atom is 0.424 e. The monoisotopic (exact) mass is 189 g/mol. The molecule has 0 aromatic heterocycles. The molecule has 76 valence electrons. The third kappa shape index (κ3) is 5.92. The number of hydrogen-bond donors (Lipinski definition) is 2. The molecule has 1 amide bonds. The van der Waals surface area contributed by atoms with Crippen LogP contribution >= 0.6 is 0 Å². The number of hydrogen-bond acceptors (Lipinski definition) is 5. The number of oxime groups is 1. The summed E-state index contributed by atoms with van der Waals surface area (Å²) >= 11 is 0. The smallest absolute Gasteiger partial charge is 0.424 e. The van der Waals surface area contributed by atoms with E-state index < -0.39 is 11.7 Å². The van der Waals surface area contributed by atoms with Gasteiger partial charge in [-0.2, -0.15) is 0 Å². The standard InChI is InChI=1S/C7H15N3O3/c1-7(2,3)13-6(11)10(8)5-4-9-12/h4,12H,5,8H2,1-3H3. The molecule has 0 aliphatic carbocycles. The molecule has 6 nitrogen and oxygen atoms in total. The molecule has 0 fully saturated rings. The van der Waals surface area contributed by atoms with Gasteiger partial charge >= 0.3 is 6.09 Å². The molecule has 6 heteroatoms. The minimum Gasteiger partial charge on any atom is -0.443 e. The molecule has 0 radical (unpaired) electrons. The predicted molar refractivity (Wildman–Crippen MR) is 47.4 cm³/mol. The number of carbonyl (C=O) groups excluding carboxylic acids is 1. The second-order valence-electron chi connectivity index (χ2n) is 3.43. The van der Waals surface area contributed by atoms with Crippen molar-refractivity contribution < 1.29 is 14.7 Å². The van der Waals surface area contributed by atoms with Crippen molar-refractivity contribution in [2.45, 2.75) is 26.4 Å². The molecule has 0 heterocycles. The number of rotatable bonds is 2. The first kappa shape index (κ1) is 11.7. The topological polar surface area (TPSA) is 88.2 Å². The Balaban J connectivity index is 3.97. The zero-order chi connectivity index (χ0) is 10.5. The second kappa shape index (κ2) is 4.66. The van der Waals surface area contributed by atoms with Gasteiger partial charge in [-0.15, -0.1) is 5.16 Å². The molecule has 13 heavy (non-hydrogen) atoms. The summed E-state index contributed by atoms with van der Waals surface area (Å²) in [6.07, 6.45) is 0.427. The van der Waals surface area contributed by atoms with Crippen LogP contribution in [0.5, 0.6) is 0 Å². The molecular formula is C7H15N3O3. The van der Waals surface area contributed by atoms with Crippen molar-refractivity contribution >= 4 is 12.3 Å². The van der Waals surface area contributed by atoms with Crippen molar-refractivity contribution in [2.24, 2.45) is 11.0 Å². The average Bonchev–Trinajstić information content (AvgIpc) is 1.96. The Labute approximate surface area is 76.9 Å². The minimum absolute atomic E-state index is 0.00537. The number of nitrogens with two attached hydrogens (primary N) is 1. The molecular weight excluding hydrogens is 174 g/mol. The third-order valence-electron chi connectivity index (χ3n) is 0.988. The summed E-state index contributed by atoms with van der Waals surface area (Å²) in [5.41, 5.74) is -0.578. The molecule has 0 saturated carbocycles. The fourth-order valence-corrected chi connectivity index (χ4v) is 0.520. The van der Waals surface area contributed by atoms with Crippen molar-refractivity contribution in [2.75, 3.05) is 6.54 Å². The highest BCUT2D eigenvalue weighted by Crippen LogP contribution is 2.07. The van der Waals surface area contributed by atoms with Crippen LogP contribution in [0.2, 0.25) is 0 Å². The van der Waals surface area contributed by atoms with Gasteiger partial charge in [0.05, 0.1) is 12.8 Å². The summed E-state index contributed by atoms with van der Waals surface area (Å²) in [6.45, 7) is 5.21. The molecule has 0 rings (SSSR count). The Kier molecular flexibility index (Phi) is 4.19. The van der Waals surface area contributed by atoms with E-state index in [2.05, 4.69) is 5.16 Å². The van der Waals surface area contributed by atoms with Crippen molar-refractivity contribution in [1.82, 2.24) is 5.01 Å². The van der Waals surface area contributed by atoms with Crippen LogP contribution < -0.4 is 5.84 Å². The first-order valence-corrected chi connectivity index (χ1v) is 3.78. The second-order valence-corrected chi connectivity index (χ2v) is 3.43. The summed E-state index contributed by atoms with van der Waals surface area (Å²) < 4.78 is 4.92. The molecule has 0 aromatic rings. The van der Waals surface area contributed by atoms with Gasteiger partial charge < -0.3 is 9.94 Å². The Bertz CT molecular complexity index is 198. The van der Waals surface area contributed by atoms with Crippen LogP contribution in [0.4, 0.5) is 4.79 Å². The highest BCUT2D eigenvalue weighted by atomic mass is 16.6. The van der Waals surface area contributed by atoms with Gasteiger partial charge in [-0.05, 0) is 20.8 Å². The first-order valence-electron chi connectivity index (χ1n) is 3.78. The third-order valence-corrected chi connectivity index (χ3v) is 0.988. The highest BCUT2D eigenvalue weighted by molar-refractivity contribution is 5.72. The lowest BCUT2D eigenvalue weighted by molar-refractivity contribution is 0.0278. The average molecular weight is 189 g/mol. The van der Waals surface area contributed by atoms with E-state index in [4.69, 9.17) is 15.8 Å². The van der Waals surface area contributed by atoms with Gasteiger partial charge in [0, 0.05) is 0 Å². The zero-order valence-electron chi connectivity index (χ0n) is 8.02. The fourth-order valence-electron chi connectivity index (χ4n) is 0.520. The van der Waals surface area contributed by atoms with Gasteiger partial charge in [-0.1, -0.05) is 0 Å². The predicted octanol–water partition coefficient (Wildman–Crippen LogP) is 0.557. The van der Waals surface area contributed by atoms with E-state index in [0.717, 1.165) is 11.2 Å². The summed E-state index contributed by atoms with van der Waals surface area (Å²) in [5.74, 6) is 5.27. The van der Waals surface area contributed by atoms with Crippen LogP contribution in [-0.2, 0) is 4.74 Å². The largest absolute Gasteiger partial charge is 0.443 e. The van der Waals surface area contributed by atoms with E-state index in [1.165, 1.54) is 0 Å². The van der Waals surface area contributed by atoms with Gasteiger partial charge in [0.1, 0.15) is 5.60 Å². The minimum atomic E-state index is -0.660. The number of amides is 1. The molecule has 0 aliphatic heterocycles. The Morgan fingerprint density at radius 3 is 2.62 bits per heavy atom. The summed E-state index contributed by atoms with van der Waals surface area (Å²) in [7, 11) is 0. The Morgan fingerprint density at radius 2 is 2.23 bits per heavy atom. The summed E-state index contributed by atoms with van der Waals surface area (Å²) in [5, 5.41) is 11.6. The molecule has 0 aromatic carbocycles.